The molecule has 0 radical (unpaired) electrons. The monoisotopic (exact) mass is 407 g/mol. The van der Waals surface area contributed by atoms with Gasteiger partial charge < -0.3 is 5.32 Å². The molecule has 1 amide bonds. The summed E-state index contributed by atoms with van der Waals surface area (Å²) in [6.45, 7) is -0.0672. The van der Waals surface area contributed by atoms with Gasteiger partial charge in [-0.25, -0.2) is 8.78 Å². The molecule has 1 fully saturated rings. The number of pyridine rings is 1. The van der Waals surface area contributed by atoms with Crippen LogP contribution < -0.4 is 5.32 Å². The van der Waals surface area contributed by atoms with Gasteiger partial charge in [-0.3, -0.25) is 14.5 Å². The third-order valence-electron chi connectivity index (χ3n) is 4.96. The van der Waals surface area contributed by atoms with Crippen LogP contribution in [-0.2, 0) is 17.8 Å². The van der Waals surface area contributed by atoms with Crippen molar-refractivity contribution in [3.63, 3.8) is 0 Å². The number of nitriles is 1. The smallest absolute Gasteiger partial charge is 0.242 e. The molecule has 0 spiro atoms. The second-order valence-electron chi connectivity index (χ2n) is 7.37. The molecular formula is C22H19F2N5O. The number of hydrogen-bond acceptors (Lipinski definition) is 4. The van der Waals surface area contributed by atoms with E-state index in [2.05, 4.69) is 21.5 Å². The lowest BCUT2D eigenvalue weighted by atomic mass is 10.0. The molecule has 4 rings (SSSR count). The fraction of sp³-hybridized carbons (Fsp3) is 0.273. The normalized spacial score (nSPS) is 14.2. The lowest BCUT2D eigenvalue weighted by Crippen LogP contribution is -2.33. The van der Waals surface area contributed by atoms with Gasteiger partial charge >= 0.3 is 0 Å². The Kier molecular flexibility index (Phi) is 5.53. The highest BCUT2D eigenvalue weighted by molar-refractivity contribution is 5.76. The molecule has 0 aliphatic heterocycles. The van der Waals surface area contributed by atoms with Crippen molar-refractivity contribution in [2.75, 3.05) is 0 Å². The van der Waals surface area contributed by atoms with E-state index in [1.54, 1.807) is 30.6 Å². The Morgan fingerprint density at radius 3 is 2.67 bits per heavy atom. The van der Waals surface area contributed by atoms with E-state index in [-0.39, 0.29) is 18.9 Å². The summed E-state index contributed by atoms with van der Waals surface area (Å²) in [5.74, 6) is -1.34. The topological polar surface area (TPSA) is 83.6 Å². The molecule has 8 heteroatoms. The third-order valence-corrected chi connectivity index (χ3v) is 4.96. The van der Waals surface area contributed by atoms with Crippen LogP contribution in [0.5, 0.6) is 0 Å². The number of carbonyl (C=O) groups is 1. The molecule has 1 aliphatic carbocycles. The number of nitrogens with zero attached hydrogens (tertiary/aromatic N) is 4. The average Bonchev–Trinajstić information content (AvgIpc) is 3.48. The predicted octanol–water partition coefficient (Wildman–Crippen LogP) is 3.41. The van der Waals surface area contributed by atoms with E-state index in [0.717, 1.165) is 24.5 Å². The van der Waals surface area contributed by atoms with Gasteiger partial charge in [0.15, 0.2) is 5.69 Å². The first-order valence-corrected chi connectivity index (χ1v) is 9.64. The van der Waals surface area contributed by atoms with Gasteiger partial charge in [0.05, 0.1) is 11.7 Å². The molecule has 2 heterocycles. The average molecular weight is 407 g/mol. The minimum absolute atomic E-state index is 0.0672. The Balaban J connectivity index is 1.51. The van der Waals surface area contributed by atoms with Crippen LogP contribution in [0.25, 0.3) is 0 Å². The van der Waals surface area contributed by atoms with Crippen LogP contribution in [0.2, 0.25) is 0 Å². The zero-order valence-corrected chi connectivity index (χ0v) is 16.1. The highest BCUT2D eigenvalue weighted by Crippen LogP contribution is 2.41. The number of amides is 1. The summed E-state index contributed by atoms with van der Waals surface area (Å²) in [6.07, 6.45) is 5.56. The number of benzene rings is 1. The molecule has 152 valence electrons. The quantitative estimate of drug-likeness (QED) is 0.651. The summed E-state index contributed by atoms with van der Waals surface area (Å²) in [5.41, 5.74) is 2.21. The zero-order chi connectivity index (χ0) is 21.1. The molecule has 1 atom stereocenters. The minimum atomic E-state index is -0.677. The van der Waals surface area contributed by atoms with Crippen molar-refractivity contribution in [2.24, 2.45) is 0 Å². The molecule has 6 nitrogen and oxygen atoms in total. The first-order chi connectivity index (χ1) is 14.5. The van der Waals surface area contributed by atoms with Crippen molar-refractivity contribution >= 4 is 5.91 Å². The van der Waals surface area contributed by atoms with Crippen LogP contribution in [0.15, 0.2) is 48.8 Å². The Hall–Kier alpha value is -3.60. The molecule has 1 unspecified atom stereocenters. The van der Waals surface area contributed by atoms with Gasteiger partial charge in [0.1, 0.15) is 24.2 Å². The maximum Gasteiger partial charge on any atom is 0.242 e. The molecule has 1 aliphatic rings. The summed E-state index contributed by atoms with van der Waals surface area (Å²) in [5, 5.41) is 16.3. The molecule has 3 aromatic rings. The number of aromatic nitrogens is 3. The van der Waals surface area contributed by atoms with E-state index in [4.69, 9.17) is 0 Å². The summed E-state index contributed by atoms with van der Waals surface area (Å²) in [7, 11) is 0. The highest BCUT2D eigenvalue weighted by Gasteiger charge is 2.29. The number of hydrogen-bond donors (Lipinski definition) is 1. The van der Waals surface area contributed by atoms with Gasteiger partial charge in [-0.05, 0) is 55.0 Å². The fourth-order valence-corrected chi connectivity index (χ4v) is 3.46. The number of rotatable bonds is 7. The molecule has 1 aromatic carbocycles. The van der Waals surface area contributed by atoms with Crippen molar-refractivity contribution in [1.82, 2.24) is 20.1 Å². The summed E-state index contributed by atoms with van der Waals surface area (Å²) >= 11 is 0. The maximum atomic E-state index is 13.6. The van der Waals surface area contributed by atoms with E-state index >= 15 is 0 Å². The Morgan fingerprint density at radius 2 is 2.03 bits per heavy atom. The number of halogens is 2. The largest absolute Gasteiger partial charge is 0.346 e. The van der Waals surface area contributed by atoms with Crippen LogP contribution in [0.1, 0.15) is 47.3 Å². The SMILES string of the molecule is N#Cc1nn(CC(=O)NC(Cc2cc(F)cc(F)c2)c2ccccn2)cc1C1CC1. The molecule has 0 bridgehead atoms. The van der Waals surface area contributed by atoms with Crippen molar-refractivity contribution in [3.8, 4) is 6.07 Å². The lowest BCUT2D eigenvalue weighted by Gasteiger charge is -2.19. The van der Waals surface area contributed by atoms with Gasteiger partial charge in [0.2, 0.25) is 5.91 Å². The zero-order valence-electron chi connectivity index (χ0n) is 16.1. The number of nitrogens with one attached hydrogen (secondary N) is 1. The molecule has 2 aromatic heterocycles. The van der Waals surface area contributed by atoms with Gasteiger partial charge in [0, 0.05) is 24.0 Å². The second-order valence-corrected chi connectivity index (χ2v) is 7.37. The van der Waals surface area contributed by atoms with Gasteiger partial charge in [-0.15, -0.1) is 0 Å². The minimum Gasteiger partial charge on any atom is -0.346 e. The Morgan fingerprint density at radius 1 is 1.27 bits per heavy atom. The van der Waals surface area contributed by atoms with E-state index in [1.165, 1.54) is 16.8 Å². The van der Waals surface area contributed by atoms with Gasteiger partial charge in [-0.2, -0.15) is 10.4 Å². The van der Waals surface area contributed by atoms with E-state index in [1.807, 2.05) is 0 Å². The van der Waals surface area contributed by atoms with E-state index in [9.17, 15) is 18.8 Å². The van der Waals surface area contributed by atoms with Crippen molar-refractivity contribution in [3.05, 3.63) is 82.9 Å². The van der Waals surface area contributed by atoms with Crippen LogP contribution in [0, 0.1) is 23.0 Å². The molecule has 1 N–H and O–H groups in total. The first-order valence-electron chi connectivity index (χ1n) is 9.64. The molecule has 30 heavy (non-hydrogen) atoms. The first kappa shape index (κ1) is 19.7. The summed E-state index contributed by atoms with van der Waals surface area (Å²) in [4.78, 5) is 17.0. The highest BCUT2D eigenvalue weighted by atomic mass is 19.1. The Labute approximate surface area is 172 Å². The van der Waals surface area contributed by atoms with Gasteiger partial charge in [0.25, 0.3) is 0 Å². The standard InChI is InChI=1S/C22H19F2N5O/c23-16-7-14(8-17(24)10-16)9-20(19-3-1-2-6-26-19)27-22(30)13-29-12-18(15-4-5-15)21(11-25)28-29/h1-3,6-8,10,12,15,20H,4-5,9,13H2,(H,27,30). The summed E-state index contributed by atoms with van der Waals surface area (Å²) in [6, 6.07) is 10.0. The molecule has 1 saturated carbocycles. The van der Waals surface area contributed by atoms with E-state index in [0.29, 0.717) is 22.9 Å². The van der Waals surface area contributed by atoms with Crippen molar-refractivity contribution < 1.29 is 13.6 Å². The predicted molar refractivity (Wildman–Crippen MR) is 104 cm³/mol. The second kappa shape index (κ2) is 8.41. The van der Waals surface area contributed by atoms with Crippen LogP contribution in [-0.4, -0.2) is 20.7 Å². The van der Waals surface area contributed by atoms with Crippen LogP contribution in [0.4, 0.5) is 8.78 Å². The fourth-order valence-electron chi connectivity index (χ4n) is 3.46. The van der Waals surface area contributed by atoms with Crippen molar-refractivity contribution in [1.29, 1.82) is 5.26 Å². The molecular weight excluding hydrogens is 388 g/mol. The Bertz CT molecular complexity index is 1080. The lowest BCUT2D eigenvalue weighted by molar-refractivity contribution is -0.122. The van der Waals surface area contributed by atoms with Crippen LogP contribution >= 0.6 is 0 Å². The third kappa shape index (κ3) is 4.69. The molecule has 0 saturated heterocycles. The summed E-state index contributed by atoms with van der Waals surface area (Å²) < 4.78 is 28.6. The van der Waals surface area contributed by atoms with Crippen molar-refractivity contribution in [2.45, 2.75) is 37.8 Å². The number of carbonyl (C=O) groups excluding carboxylic acids is 1. The maximum absolute atomic E-state index is 13.6. The van der Waals surface area contributed by atoms with Crippen LogP contribution in [0.3, 0.4) is 0 Å². The van der Waals surface area contributed by atoms with E-state index < -0.39 is 17.7 Å². The van der Waals surface area contributed by atoms with Gasteiger partial charge in [-0.1, -0.05) is 6.07 Å².